The minimum Gasteiger partial charge on any atom is -0.478 e. The third-order valence-electron chi connectivity index (χ3n) is 3.63. The molecule has 0 amide bonds. The lowest BCUT2D eigenvalue weighted by molar-refractivity contribution is -0.137. The normalized spacial score (nSPS) is 12.0. The highest BCUT2D eigenvalue weighted by Crippen LogP contribution is 2.33. The van der Waals surface area contributed by atoms with Gasteiger partial charge in [-0.05, 0) is 30.7 Å². The predicted octanol–water partition coefficient (Wildman–Crippen LogP) is 4.41. The lowest BCUT2D eigenvalue weighted by Crippen LogP contribution is -2.05. The van der Waals surface area contributed by atoms with Gasteiger partial charge in [-0.2, -0.15) is 13.2 Å². The topological polar surface area (TPSA) is 50.2 Å². The Bertz CT molecular complexity index is 917. The lowest BCUT2D eigenvalue weighted by Gasteiger charge is -2.11. The molecule has 0 radical (unpaired) electrons. The van der Waals surface area contributed by atoms with Crippen LogP contribution in [0.3, 0.4) is 0 Å². The minimum atomic E-state index is -4.47. The number of nitrogens with zero attached hydrogens (tertiary/aromatic N) is 1. The summed E-state index contributed by atoms with van der Waals surface area (Å²) in [6.07, 6.45) is -4.47. The molecular formula is C16H10F3NO2. The monoisotopic (exact) mass is 305 g/mol. The molecule has 1 heterocycles. The van der Waals surface area contributed by atoms with Gasteiger partial charge in [0.25, 0.3) is 0 Å². The zero-order chi connectivity index (χ0) is 16.1. The number of carbonyl (C=O) groups is 1. The summed E-state index contributed by atoms with van der Waals surface area (Å²) >= 11 is 0. The standard InChI is InChI=1S/C16H10F3NO2/c1-8-10-6-5-9(16(17,18)19)7-13(10)20-14-11(8)3-2-4-12(14)15(21)22/h2-7H,1H3,(H,21,22). The third-order valence-corrected chi connectivity index (χ3v) is 3.63. The highest BCUT2D eigenvalue weighted by molar-refractivity contribution is 6.06. The maximum atomic E-state index is 12.8. The van der Waals surface area contributed by atoms with Gasteiger partial charge in [-0.25, -0.2) is 9.78 Å². The number of para-hydroxylation sites is 1. The maximum absolute atomic E-state index is 12.8. The van der Waals surface area contributed by atoms with Gasteiger partial charge in [0.05, 0.1) is 22.2 Å². The average Bonchev–Trinajstić information content (AvgIpc) is 2.45. The van der Waals surface area contributed by atoms with Crippen molar-refractivity contribution in [1.29, 1.82) is 0 Å². The summed E-state index contributed by atoms with van der Waals surface area (Å²) in [5.41, 5.74) is 0.198. The summed E-state index contributed by atoms with van der Waals surface area (Å²) in [5.74, 6) is -1.16. The fourth-order valence-electron chi connectivity index (χ4n) is 2.52. The Morgan fingerprint density at radius 1 is 1.14 bits per heavy atom. The molecule has 3 nitrogen and oxygen atoms in total. The molecule has 0 unspecified atom stereocenters. The van der Waals surface area contributed by atoms with Crippen molar-refractivity contribution in [2.75, 3.05) is 0 Å². The SMILES string of the molecule is Cc1c2ccc(C(F)(F)F)cc2nc2c(C(=O)O)cccc12. The molecule has 0 aliphatic rings. The molecule has 0 atom stereocenters. The largest absolute Gasteiger partial charge is 0.478 e. The second-order valence-corrected chi connectivity index (χ2v) is 4.97. The van der Waals surface area contributed by atoms with Crippen molar-refractivity contribution >= 4 is 27.8 Å². The van der Waals surface area contributed by atoms with Crippen LogP contribution in [0.25, 0.3) is 21.8 Å². The van der Waals surface area contributed by atoms with E-state index < -0.39 is 17.7 Å². The van der Waals surface area contributed by atoms with E-state index in [1.807, 2.05) is 0 Å². The Labute approximate surface area is 123 Å². The second kappa shape index (κ2) is 4.69. The van der Waals surface area contributed by atoms with Crippen LogP contribution in [0.5, 0.6) is 0 Å². The van der Waals surface area contributed by atoms with Gasteiger partial charge >= 0.3 is 12.1 Å². The number of hydrogen-bond donors (Lipinski definition) is 1. The molecule has 0 spiro atoms. The lowest BCUT2D eigenvalue weighted by atomic mass is 10.00. The molecule has 1 aromatic heterocycles. The van der Waals surface area contributed by atoms with Crippen molar-refractivity contribution in [1.82, 2.24) is 4.98 Å². The Hall–Kier alpha value is -2.63. The van der Waals surface area contributed by atoms with Crippen molar-refractivity contribution in [2.24, 2.45) is 0 Å². The van der Waals surface area contributed by atoms with Gasteiger partial charge in [0.2, 0.25) is 0 Å². The third kappa shape index (κ3) is 2.16. The van der Waals surface area contributed by atoms with Gasteiger partial charge in [-0.15, -0.1) is 0 Å². The van der Waals surface area contributed by atoms with Crippen LogP contribution in [0.15, 0.2) is 36.4 Å². The van der Waals surface area contributed by atoms with Gasteiger partial charge in [-0.1, -0.05) is 18.2 Å². The molecule has 0 aliphatic carbocycles. The molecule has 0 bridgehead atoms. The number of benzene rings is 2. The van der Waals surface area contributed by atoms with Crippen molar-refractivity contribution in [3.05, 3.63) is 53.1 Å². The molecular weight excluding hydrogens is 295 g/mol. The number of aromatic carboxylic acids is 1. The predicted molar refractivity (Wildman–Crippen MR) is 75.9 cm³/mol. The van der Waals surface area contributed by atoms with E-state index in [2.05, 4.69) is 4.98 Å². The van der Waals surface area contributed by atoms with Crippen LogP contribution in [0, 0.1) is 6.92 Å². The number of aromatic nitrogens is 1. The number of carboxylic acids is 1. The molecule has 0 fully saturated rings. The molecule has 0 saturated heterocycles. The van der Waals surface area contributed by atoms with Gasteiger partial charge < -0.3 is 5.11 Å². The van der Waals surface area contributed by atoms with Crippen LogP contribution in [0.1, 0.15) is 21.5 Å². The Morgan fingerprint density at radius 3 is 2.50 bits per heavy atom. The van der Waals surface area contributed by atoms with Crippen LogP contribution in [0.4, 0.5) is 13.2 Å². The maximum Gasteiger partial charge on any atom is 0.416 e. The van der Waals surface area contributed by atoms with Gasteiger partial charge in [0, 0.05) is 10.8 Å². The average molecular weight is 305 g/mol. The Kier molecular flexibility index (Phi) is 3.05. The molecule has 3 rings (SSSR count). The first-order valence-electron chi connectivity index (χ1n) is 6.42. The van der Waals surface area contributed by atoms with Gasteiger partial charge in [-0.3, -0.25) is 0 Å². The van der Waals surface area contributed by atoms with E-state index in [9.17, 15) is 23.1 Å². The van der Waals surface area contributed by atoms with E-state index in [0.29, 0.717) is 16.3 Å². The van der Waals surface area contributed by atoms with Gasteiger partial charge in [0.1, 0.15) is 0 Å². The number of aryl methyl sites for hydroxylation is 1. The number of hydrogen-bond acceptors (Lipinski definition) is 2. The smallest absolute Gasteiger partial charge is 0.416 e. The first kappa shape index (κ1) is 14.3. The molecule has 6 heteroatoms. The zero-order valence-electron chi connectivity index (χ0n) is 11.4. The summed E-state index contributed by atoms with van der Waals surface area (Å²) in [7, 11) is 0. The first-order valence-corrected chi connectivity index (χ1v) is 6.42. The number of halogens is 3. The van der Waals surface area contributed by atoms with Crippen molar-refractivity contribution in [2.45, 2.75) is 13.1 Å². The molecule has 0 saturated carbocycles. The van der Waals surface area contributed by atoms with E-state index >= 15 is 0 Å². The van der Waals surface area contributed by atoms with Crippen LogP contribution in [-0.2, 0) is 6.18 Å². The summed E-state index contributed by atoms with van der Waals surface area (Å²) in [6, 6.07) is 8.01. The summed E-state index contributed by atoms with van der Waals surface area (Å²) in [5, 5.41) is 10.4. The number of pyridine rings is 1. The molecule has 22 heavy (non-hydrogen) atoms. The van der Waals surface area contributed by atoms with Crippen LogP contribution < -0.4 is 0 Å². The van der Waals surface area contributed by atoms with Crippen LogP contribution in [-0.4, -0.2) is 16.1 Å². The van der Waals surface area contributed by atoms with Crippen LogP contribution in [0.2, 0.25) is 0 Å². The first-order chi connectivity index (χ1) is 10.3. The Morgan fingerprint density at radius 2 is 1.86 bits per heavy atom. The highest BCUT2D eigenvalue weighted by atomic mass is 19.4. The Balaban J connectivity index is 2.43. The van der Waals surface area contributed by atoms with Crippen molar-refractivity contribution < 1.29 is 23.1 Å². The van der Waals surface area contributed by atoms with Crippen LogP contribution >= 0.6 is 0 Å². The van der Waals surface area contributed by atoms with Crippen molar-refractivity contribution in [3.8, 4) is 0 Å². The van der Waals surface area contributed by atoms with E-state index in [1.54, 1.807) is 19.1 Å². The fourth-order valence-corrected chi connectivity index (χ4v) is 2.52. The fraction of sp³-hybridized carbons (Fsp3) is 0.125. The minimum absolute atomic E-state index is 0.0279. The summed E-state index contributed by atoms with van der Waals surface area (Å²) in [4.78, 5) is 15.4. The van der Waals surface area contributed by atoms with Crippen molar-refractivity contribution in [3.63, 3.8) is 0 Å². The molecule has 0 aliphatic heterocycles. The van der Waals surface area contributed by atoms with E-state index in [1.165, 1.54) is 12.1 Å². The summed E-state index contributed by atoms with van der Waals surface area (Å²) in [6.45, 7) is 1.74. The molecule has 1 N–H and O–H groups in total. The quantitative estimate of drug-likeness (QED) is 0.677. The number of rotatable bonds is 1. The summed E-state index contributed by atoms with van der Waals surface area (Å²) < 4.78 is 38.4. The number of carboxylic acid groups (broad SMARTS) is 1. The van der Waals surface area contributed by atoms with Gasteiger partial charge in [0.15, 0.2) is 0 Å². The molecule has 2 aromatic carbocycles. The molecule has 112 valence electrons. The van der Waals surface area contributed by atoms with E-state index in [4.69, 9.17) is 0 Å². The van der Waals surface area contributed by atoms with E-state index in [-0.39, 0.29) is 16.6 Å². The highest BCUT2D eigenvalue weighted by Gasteiger charge is 2.30. The second-order valence-electron chi connectivity index (χ2n) is 4.97. The number of alkyl halides is 3. The number of fused-ring (bicyclic) bond motifs is 2. The van der Waals surface area contributed by atoms with E-state index in [0.717, 1.165) is 12.1 Å². The molecule has 3 aromatic rings. The zero-order valence-corrected chi connectivity index (χ0v) is 11.4.